The number of hydrogen-bond donors (Lipinski definition) is 8. The molecular weight excluding hydrogens is 951 g/mol. The van der Waals surface area contributed by atoms with Crippen LogP contribution in [0.5, 0.6) is 0 Å². The molecule has 1 aliphatic carbocycles. The van der Waals surface area contributed by atoms with Gasteiger partial charge in [0.15, 0.2) is 0 Å². The molecule has 2 heterocycles. The summed E-state index contributed by atoms with van der Waals surface area (Å²) in [5.74, 6) is -3.43. The summed E-state index contributed by atoms with van der Waals surface area (Å²) in [5, 5.41) is 28.9. The Kier molecular flexibility index (Phi) is 22.5. The number of alkyl carbamates (subject to hydrolysis) is 1. The van der Waals surface area contributed by atoms with Crippen molar-refractivity contribution in [2.75, 3.05) is 46.4 Å². The summed E-state index contributed by atoms with van der Waals surface area (Å²) in [4.78, 5) is 94.8. The van der Waals surface area contributed by atoms with E-state index < -0.39 is 95.5 Å². The molecule has 0 radical (unpaired) electrons. The first-order valence-corrected chi connectivity index (χ1v) is 26.5. The van der Waals surface area contributed by atoms with E-state index in [0.717, 1.165) is 12.0 Å². The normalized spacial score (nSPS) is 24.8. The molecule has 1 aromatic carbocycles. The monoisotopic (exact) mass is 1040 g/mol. The summed E-state index contributed by atoms with van der Waals surface area (Å²) >= 11 is 0. The second-order valence-corrected chi connectivity index (χ2v) is 23.0. The van der Waals surface area contributed by atoms with Gasteiger partial charge >= 0.3 is 6.09 Å². The number of carbonyl (C=O) groups excluding carboxylic acids is 7. The summed E-state index contributed by atoms with van der Waals surface area (Å²) in [6.45, 7) is 22.8. The van der Waals surface area contributed by atoms with E-state index in [-0.39, 0.29) is 80.2 Å². The van der Waals surface area contributed by atoms with E-state index in [4.69, 9.17) is 18.9 Å². The first kappa shape index (κ1) is 61.4. The SMILES string of the molecule is COC1C(OC(=O)NCCNC(=O)CNC(=O)[C@H](CC(C)C)NC(=O)[C@H](Cc2ccccc2)NC(=O)CNC(=O)C(C)(CC(C)(CC(C)C)C(=O)NCC(C)O)C(C)C)CC[C@]2(CO2)C1[C@@]1(C)O[C@@H]1CC=C(C)C. The molecule has 1 aromatic rings. The number of carbonyl (C=O) groups is 7. The highest BCUT2D eigenvalue weighted by atomic mass is 16.6. The first-order chi connectivity index (χ1) is 34.7. The highest BCUT2D eigenvalue weighted by Crippen LogP contribution is 2.59. The second kappa shape index (κ2) is 27.1. The number of nitrogens with one attached hydrogen (secondary N) is 7. The molecule has 2 saturated heterocycles. The molecule has 6 unspecified atom stereocenters. The number of aliphatic hydroxyl groups is 1. The maximum atomic E-state index is 14.1. The summed E-state index contributed by atoms with van der Waals surface area (Å²) in [6.07, 6.45) is 2.76. The van der Waals surface area contributed by atoms with E-state index in [1.54, 1.807) is 45.2 Å². The number of methoxy groups -OCH3 is 1. The smallest absolute Gasteiger partial charge is 0.407 e. The van der Waals surface area contributed by atoms with Crippen LogP contribution in [0.1, 0.15) is 127 Å². The molecule has 1 saturated carbocycles. The molecule has 74 heavy (non-hydrogen) atoms. The van der Waals surface area contributed by atoms with Crippen LogP contribution in [0.25, 0.3) is 0 Å². The average Bonchev–Trinajstić information content (AvgIpc) is 4.25. The van der Waals surface area contributed by atoms with Crippen LogP contribution in [0.15, 0.2) is 42.0 Å². The molecule has 2 aliphatic heterocycles. The van der Waals surface area contributed by atoms with Gasteiger partial charge in [-0.25, -0.2) is 4.79 Å². The molecule has 3 aliphatic rings. The highest BCUT2D eigenvalue weighted by molar-refractivity contribution is 5.95. The molecule has 19 nitrogen and oxygen atoms in total. The van der Waals surface area contributed by atoms with Gasteiger partial charge in [0.2, 0.25) is 35.4 Å². The molecule has 0 bridgehead atoms. The zero-order valence-electron chi connectivity index (χ0n) is 46.4. The fraction of sp³-hybridized carbons (Fsp3) is 0.727. The van der Waals surface area contributed by atoms with E-state index in [0.29, 0.717) is 25.9 Å². The molecule has 19 heteroatoms. The van der Waals surface area contributed by atoms with Crippen molar-refractivity contribution in [1.29, 1.82) is 0 Å². The molecule has 7 amide bonds. The maximum Gasteiger partial charge on any atom is 0.407 e. The predicted molar refractivity (Wildman–Crippen MR) is 280 cm³/mol. The lowest BCUT2D eigenvalue weighted by Crippen LogP contribution is -2.57. The van der Waals surface area contributed by atoms with E-state index >= 15 is 0 Å². The molecule has 3 fully saturated rings. The Balaban J connectivity index is 1.30. The van der Waals surface area contributed by atoms with Crippen molar-refractivity contribution in [1.82, 2.24) is 37.2 Å². The van der Waals surface area contributed by atoms with Crippen molar-refractivity contribution >= 4 is 41.5 Å². The van der Waals surface area contributed by atoms with Gasteiger partial charge in [-0.2, -0.15) is 0 Å². The lowest BCUT2D eigenvalue weighted by molar-refractivity contribution is -0.142. The number of hydrogen-bond acceptors (Lipinski definition) is 12. The second-order valence-electron chi connectivity index (χ2n) is 23.0. The van der Waals surface area contributed by atoms with Crippen molar-refractivity contribution in [3.8, 4) is 0 Å². The Labute approximate surface area is 439 Å². The first-order valence-electron chi connectivity index (χ1n) is 26.5. The molecule has 11 atom stereocenters. The number of ether oxygens (including phenoxy) is 4. The third-order valence-corrected chi connectivity index (χ3v) is 14.8. The Bertz CT molecular complexity index is 2110. The summed E-state index contributed by atoms with van der Waals surface area (Å²) in [5.41, 5.74) is -0.955. The van der Waals surface area contributed by atoms with Gasteiger partial charge in [-0.1, -0.05) is 97.4 Å². The minimum Gasteiger partial charge on any atom is -0.443 e. The maximum absolute atomic E-state index is 14.1. The van der Waals surface area contributed by atoms with Gasteiger partial charge in [0.25, 0.3) is 0 Å². The number of amides is 7. The van der Waals surface area contributed by atoms with Crippen LogP contribution in [0.4, 0.5) is 4.79 Å². The topological polar surface area (TPSA) is 267 Å². The van der Waals surface area contributed by atoms with Crippen molar-refractivity contribution < 1.29 is 57.6 Å². The van der Waals surface area contributed by atoms with E-state index in [1.165, 1.54) is 5.57 Å². The summed E-state index contributed by atoms with van der Waals surface area (Å²) in [6, 6.07) is 6.80. The van der Waals surface area contributed by atoms with Gasteiger partial charge in [0.05, 0.1) is 37.8 Å². The molecule has 416 valence electrons. The van der Waals surface area contributed by atoms with Gasteiger partial charge in [0, 0.05) is 44.0 Å². The van der Waals surface area contributed by atoms with Crippen LogP contribution in [0.3, 0.4) is 0 Å². The van der Waals surface area contributed by atoms with Crippen molar-refractivity contribution in [2.45, 2.75) is 176 Å². The molecule has 1 spiro atoms. The predicted octanol–water partition coefficient (Wildman–Crippen LogP) is 4.00. The Morgan fingerprint density at radius 2 is 1.47 bits per heavy atom. The largest absolute Gasteiger partial charge is 0.443 e. The standard InChI is InChI=1S/C55H89N7O12/c1-33(2)19-20-42-54(12,74-42)46-45(71-13)41(21-22-55(46)32-72-55)73-51(70)57-24-23-56-43(64)29-58-47(66)39(25-34(3)4)62-48(67)40(26-38-17-15-14-16-18-38)61-44(65)30-60-50(69)53(11,36(7)8)31-52(10,27-35(5)6)49(68)59-28-37(9)63/h14-19,34-37,39-42,45-46,63H,20-32H2,1-13H3,(H,56,64)(H,57,70)(H,58,66)(H,59,68)(H,60,69)(H,61,65)(H,62,67)/t37?,39-,40-,41?,42+,45?,46?,52?,53?,54-,55-/m0/s1. The van der Waals surface area contributed by atoms with Crippen LogP contribution < -0.4 is 37.2 Å². The quantitative estimate of drug-likeness (QED) is 0.0322. The minimum absolute atomic E-state index is 0.0109. The van der Waals surface area contributed by atoms with Crippen LogP contribution in [0, 0.1) is 34.5 Å². The van der Waals surface area contributed by atoms with Gasteiger partial charge < -0.3 is 61.3 Å². The van der Waals surface area contributed by atoms with Crippen LogP contribution in [-0.4, -0.2) is 141 Å². The zero-order valence-corrected chi connectivity index (χ0v) is 46.4. The van der Waals surface area contributed by atoms with Crippen molar-refractivity contribution in [3.63, 3.8) is 0 Å². The molecule has 8 N–H and O–H groups in total. The molecular formula is C55H89N7O12. The van der Waals surface area contributed by atoms with Crippen molar-refractivity contribution in [3.05, 3.63) is 47.5 Å². The van der Waals surface area contributed by atoms with E-state index in [2.05, 4.69) is 64.1 Å². The number of epoxide rings is 2. The Morgan fingerprint density at radius 3 is 2.05 bits per heavy atom. The number of benzene rings is 1. The van der Waals surface area contributed by atoms with Gasteiger partial charge in [-0.05, 0) is 89.5 Å². The fourth-order valence-corrected chi connectivity index (χ4v) is 10.6. The van der Waals surface area contributed by atoms with Crippen molar-refractivity contribution in [2.24, 2.45) is 34.5 Å². The Morgan fingerprint density at radius 1 is 0.824 bits per heavy atom. The number of aliphatic hydroxyl groups excluding tert-OH is 1. The fourth-order valence-electron chi connectivity index (χ4n) is 10.6. The zero-order chi connectivity index (χ0) is 55.2. The minimum atomic E-state index is -1.15. The average molecular weight is 1040 g/mol. The summed E-state index contributed by atoms with van der Waals surface area (Å²) < 4.78 is 24.1. The number of rotatable bonds is 29. The highest BCUT2D eigenvalue weighted by Gasteiger charge is 2.72. The lowest BCUT2D eigenvalue weighted by atomic mass is 9.64. The van der Waals surface area contributed by atoms with Gasteiger partial charge in [-0.3, -0.25) is 28.8 Å². The number of allylic oxidation sites excluding steroid dienone is 1. The van der Waals surface area contributed by atoms with Gasteiger partial charge in [-0.15, -0.1) is 0 Å². The van der Waals surface area contributed by atoms with Crippen LogP contribution in [0.2, 0.25) is 0 Å². The molecule has 0 aromatic heterocycles. The van der Waals surface area contributed by atoms with E-state index in [1.807, 2.05) is 54.5 Å². The third-order valence-electron chi connectivity index (χ3n) is 14.8. The summed E-state index contributed by atoms with van der Waals surface area (Å²) in [7, 11) is 1.61. The lowest BCUT2D eigenvalue weighted by Gasteiger charge is -2.42. The van der Waals surface area contributed by atoms with Crippen LogP contribution >= 0.6 is 0 Å². The third kappa shape index (κ3) is 17.5. The van der Waals surface area contributed by atoms with E-state index in [9.17, 15) is 38.7 Å². The van der Waals surface area contributed by atoms with Crippen LogP contribution in [-0.2, 0) is 54.1 Å². The Hall–Kier alpha value is -5.11. The van der Waals surface area contributed by atoms with Gasteiger partial charge in [0.1, 0.15) is 35.5 Å². The molecule has 4 rings (SSSR count).